The van der Waals surface area contributed by atoms with Crippen molar-refractivity contribution in [3.05, 3.63) is 48.5 Å². The molecule has 1 aromatic carbocycles. The van der Waals surface area contributed by atoms with Crippen molar-refractivity contribution in [2.24, 2.45) is 0 Å². The van der Waals surface area contributed by atoms with Crippen LogP contribution in [0.1, 0.15) is 31.2 Å². The molecular formula is C18H25N3O. The van der Waals surface area contributed by atoms with Crippen molar-refractivity contribution in [1.82, 2.24) is 14.5 Å². The van der Waals surface area contributed by atoms with Gasteiger partial charge in [0.15, 0.2) is 0 Å². The maximum Gasteiger partial charge on any atom is 0.119 e. The van der Waals surface area contributed by atoms with E-state index in [1.54, 1.807) is 0 Å². The lowest BCUT2D eigenvalue weighted by atomic mass is 10.2. The Morgan fingerprint density at radius 1 is 1.23 bits per heavy atom. The molecule has 1 aromatic heterocycles. The third kappa shape index (κ3) is 4.34. The summed E-state index contributed by atoms with van der Waals surface area (Å²) in [5.74, 6) is 1.01. The van der Waals surface area contributed by atoms with Gasteiger partial charge in [-0.1, -0.05) is 12.1 Å². The number of benzene rings is 1. The molecule has 4 heteroatoms. The van der Waals surface area contributed by atoms with Gasteiger partial charge in [-0.3, -0.25) is 0 Å². The second kappa shape index (κ2) is 7.45. The van der Waals surface area contributed by atoms with Gasteiger partial charge in [-0.15, -0.1) is 0 Å². The van der Waals surface area contributed by atoms with Crippen LogP contribution in [0.5, 0.6) is 5.75 Å². The number of ether oxygens (including phenoxy) is 1. The van der Waals surface area contributed by atoms with Crippen molar-refractivity contribution in [1.29, 1.82) is 0 Å². The zero-order valence-electron chi connectivity index (χ0n) is 13.3. The maximum atomic E-state index is 6.01. The topological polar surface area (TPSA) is 30.3 Å². The molecule has 1 saturated carbocycles. The summed E-state index contributed by atoms with van der Waals surface area (Å²) >= 11 is 0. The van der Waals surface area contributed by atoms with Crippen LogP contribution in [-0.2, 0) is 13.1 Å². The summed E-state index contributed by atoms with van der Waals surface area (Å²) in [7, 11) is 2.15. The summed E-state index contributed by atoms with van der Waals surface area (Å²) in [6.07, 6.45) is 11.2. The van der Waals surface area contributed by atoms with E-state index in [1.807, 2.05) is 18.7 Å². The van der Waals surface area contributed by atoms with Crippen LogP contribution >= 0.6 is 0 Å². The van der Waals surface area contributed by atoms with E-state index in [0.717, 1.165) is 25.4 Å². The van der Waals surface area contributed by atoms with Crippen molar-refractivity contribution in [2.45, 2.75) is 44.9 Å². The van der Waals surface area contributed by atoms with Crippen LogP contribution in [0.15, 0.2) is 43.0 Å². The molecule has 1 aliphatic carbocycles. The summed E-state index contributed by atoms with van der Waals surface area (Å²) < 4.78 is 8.11. The zero-order chi connectivity index (χ0) is 15.2. The number of hydrogen-bond acceptors (Lipinski definition) is 3. The number of aromatic nitrogens is 2. The van der Waals surface area contributed by atoms with Gasteiger partial charge in [0.25, 0.3) is 0 Å². The highest BCUT2D eigenvalue weighted by atomic mass is 16.5. The van der Waals surface area contributed by atoms with Crippen molar-refractivity contribution in [2.75, 3.05) is 13.6 Å². The molecule has 1 fully saturated rings. The van der Waals surface area contributed by atoms with Gasteiger partial charge in [-0.25, -0.2) is 4.98 Å². The molecule has 0 amide bonds. The van der Waals surface area contributed by atoms with Gasteiger partial charge in [0.05, 0.1) is 12.4 Å². The standard InChI is InChI=1S/C18H25N3O/c1-20(12-13-21-11-10-19-15-21)14-16-6-8-18(9-7-16)22-17-4-2-3-5-17/h6-11,15,17H,2-5,12-14H2,1H3. The Kier molecular flexibility index (Phi) is 5.11. The van der Waals surface area contributed by atoms with Crippen LogP contribution in [0.2, 0.25) is 0 Å². The van der Waals surface area contributed by atoms with Crippen molar-refractivity contribution >= 4 is 0 Å². The Hall–Kier alpha value is -1.81. The molecule has 0 bridgehead atoms. The molecule has 0 aliphatic heterocycles. The summed E-state index contributed by atoms with van der Waals surface area (Å²) in [5.41, 5.74) is 1.33. The first-order valence-corrected chi connectivity index (χ1v) is 8.19. The molecule has 1 heterocycles. The van der Waals surface area contributed by atoms with E-state index in [4.69, 9.17) is 4.74 Å². The highest BCUT2D eigenvalue weighted by molar-refractivity contribution is 5.27. The molecule has 1 aliphatic rings. The fraction of sp³-hybridized carbons (Fsp3) is 0.500. The van der Waals surface area contributed by atoms with Gasteiger partial charge >= 0.3 is 0 Å². The van der Waals surface area contributed by atoms with E-state index in [-0.39, 0.29) is 0 Å². The Labute approximate surface area is 132 Å². The third-order valence-corrected chi connectivity index (χ3v) is 4.28. The van der Waals surface area contributed by atoms with Gasteiger partial charge < -0.3 is 14.2 Å². The highest BCUT2D eigenvalue weighted by Crippen LogP contribution is 2.24. The molecule has 4 nitrogen and oxygen atoms in total. The van der Waals surface area contributed by atoms with Crippen LogP contribution in [0.4, 0.5) is 0 Å². The monoisotopic (exact) mass is 299 g/mol. The number of likely N-dealkylation sites (N-methyl/N-ethyl adjacent to an activating group) is 1. The molecule has 22 heavy (non-hydrogen) atoms. The van der Waals surface area contributed by atoms with E-state index < -0.39 is 0 Å². The number of imidazole rings is 1. The fourth-order valence-electron chi connectivity index (χ4n) is 2.97. The second-order valence-electron chi connectivity index (χ2n) is 6.21. The van der Waals surface area contributed by atoms with E-state index in [9.17, 15) is 0 Å². The summed E-state index contributed by atoms with van der Waals surface area (Å²) in [5, 5.41) is 0. The minimum atomic E-state index is 0.434. The molecule has 118 valence electrons. The summed E-state index contributed by atoms with van der Waals surface area (Å²) in [6.45, 7) is 2.94. The zero-order valence-corrected chi connectivity index (χ0v) is 13.3. The van der Waals surface area contributed by atoms with Crippen molar-refractivity contribution < 1.29 is 4.74 Å². The Balaban J connectivity index is 1.45. The highest BCUT2D eigenvalue weighted by Gasteiger charge is 2.16. The number of rotatable bonds is 7. The first-order valence-electron chi connectivity index (χ1n) is 8.19. The normalized spacial score (nSPS) is 15.5. The predicted octanol–water partition coefficient (Wildman–Crippen LogP) is 3.34. The molecule has 0 unspecified atom stereocenters. The van der Waals surface area contributed by atoms with Crippen LogP contribution in [-0.4, -0.2) is 34.1 Å². The summed E-state index contributed by atoms with van der Waals surface area (Å²) in [4.78, 5) is 6.39. The van der Waals surface area contributed by atoms with E-state index in [2.05, 4.69) is 45.8 Å². The van der Waals surface area contributed by atoms with Gasteiger partial charge in [0.1, 0.15) is 5.75 Å². The fourth-order valence-corrected chi connectivity index (χ4v) is 2.97. The molecule has 0 N–H and O–H groups in total. The quantitative estimate of drug-likeness (QED) is 0.785. The van der Waals surface area contributed by atoms with Crippen molar-refractivity contribution in [3.63, 3.8) is 0 Å². The van der Waals surface area contributed by atoms with Gasteiger partial charge in [0, 0.05) is 32.0 Å². The van der Waals surface area contributed by atoms with E-state index >= 15 is 0 Å². The number of nitrogens with zero attached hydrogens (tertiary/aromatic N) is 3. The minimum absolute atomic E-state index is 0.434. The van der Waals surface area contributed by atoms with Crippen LogP contribution in [0, 0.1) is 0 Å². The summed E-state index contributed by atoms with van der Waals surface area (Å²) in [6, 6.07) is 8.57. The van der Waals surface area contributed by atoms with Crippen molar-refractivity contribution in [3.8, 4) is 5.75 Å². The molecule has 0 spiro atoms. The second-order valence-corrected chi connectivity index (χ2v) is 6.21. The molecule has 0 radical (unpaired) electrons. The molecule has 0 atom stereocenters. The smallest absolute Gasteiger partial charge is 0.119 e. The van der Waals surface area contributed by atoms with Gasteiger partial charge in [-0.05, 0) is 50.4 Å². The SMILES string of the molecule is CN(CCn1ccnc1)Cc1ccc(OC2CCCC2)cc1. The molecule has 0 saturated heterocycles. The predicted molar refractivity (Wildman–Crippen MR) is 87.9 cm³/mol. The first kappa shape index (κ1) is 15.1. The Bertz CT molecular complexity index is 544. The lowest BCUT2D eigenvalue weighted by Crippen LogP contribution is -2.22. The molecule has 2 aromatic rings. The van der Waals surface area contributed by atoms with Crippen LogP contribution in [0.3, 0.4) is 0 Å². The largest absolute Gasteiger partial charge is 0.490 e. The van der Waals surface area contributed by atoms with Crippen LogP contribution in [0.25, 0.3) is 0 Å². The maximum absolute atomic E-state index is 6.01. The first-order chi connectivity index (χ1) is 10.8. The third-order valence-electron chi connectivity index (χ3n) is 4.28. The van der Waals surface area contributed by atoms with E-state index in [0.29, 0.717) is 6.10 Å². The molecule has 3 rings (SSSR count). The average Bonchev–Trinajstić information content (AvgIpc) is 3.20. The Morgan fingerprint density at radius 2 is 2.00 bits per heavy atom. The average molecular weight is 299 g/mol. The number of hydrogen-bond donors (Lipinski definition) is 0. The van der Waals surface area contributed by atoms with Gasteiger partial charge in [-0.2, -0.15) is 0 Å². The Morgan fingerprint density at radius 3 is 2.68 bits per heavy atom. The molecular weight excluding hydrogens is 274 g/mol. The van der Waals surface area contributed by atoms with Gasteiger partial charge in [0.2, 0.25) is 0 Å². The van der Waals surface area contributed by atoms with Crippen LogP contribution < -0.4 is 4.74 Å². The van der Waals surface area contributed by atoms with E-state index in [1.165, 1.54) is 31.2 Å². The lowest BCUT2D eigenvalue weighted by molar-refractivity contribution is 0.210. The lowest BCUT2D eigenvalue weighted by Gasteiger charge is -2.18. The minimum Gasteiger partial charge on any atom is -0.490 e.